The van der Waals surface area contributed by atoms with Crippen molar-refractivity contribution in [1.82, 2.24) is 15.5 Å². The van der Waals surface area contributed by atoms with Gasteiger partial charge in [0.1, 0.15) is 0 Å². The van der Waals surface area contributed by atoms with Crippen LogP contribution in [0.5, 0.6) is 0 Å². The third-order valence-electron chi connectivity index (χ3n) is 11.0. The highest BCUT2D eigenvalue weighted by Crippen LogP contribution is 2.12. The summed E-state index contributed by atoms with van der Waals surface area (Å²) in [5.74, 6) is -0.00196. The number of carbonyl (C=O) groups is 1. The molecule has 6 N–H and O–H groups in total. The van der Waals surface area contributed by atoms with E-state index < -0.39 is 6.23 Å². The van der Waals surface area contributed by atoms with Crippen molar-refractivity contribution in [1.29, 1.82) is 0 Å². The number of ether oxygens (including phenoxy) is 14. The molecule has 75 heavy (non-hydrogen) atoms. The number of hydrogen-bond donors (Lipinski definition) is 5. The van der Waals surface area contributed by atoms with E-state index >= 15 is 0 Å². The first-order valence-corrected chi connectivity index (χ1v) is 28.6. The van der Waals surface area contributed by atoms with Gasteiger partial charge in [-0.2, -0.15) is 0 Å². The van der Waals surface area contributed by atoms with Gasteiger partial charge in [0.2, 0.25) is 5.91 Å². The second-order valence-electron chi connectivity index (χ2n) is 17.4. The van der Waals surface area contributed by atoms with Gasteiger partial charge in [0.15, 0.2) is 6.23 Å². The zero-order valence-corrected chi connectivity index (χ0v) is 46.9. The number of unbranched alkanes of at least 4 members (excludes halogenated alkanes) is 11. The van der Waals surface area contributed by atoms with Gasteiger partial charge < -0.3 is 97.8 Å². The molecule has 0 saturated carbocycles. The van der Waals surface area contributed by atoms with E-state index in [0.717, 1.165) is 45.3 Å². The van der Waals surface area contributed by atoms with E-state index in [-0.39, 0.29) is 25.7 Å². The average molecular weight is 1090 g/mol. The van der Waals surface area contributed by atoms with Crippen molar-refractivity contribution < 1.29 is 81.3 Å². The molecule has 1 unspecified atom stereocenters. The van der Waals surface area contributed by atoms with Crippen molar-refractivity contribution in [3.8, 4) is 0 Å². The summed E-state index contributed by atoms with van der Waals surface area (Å²) in [6.45, 7) is 18.1. The Morgan fingerprint density at radius 2 is 0.747 bits per heavy atom. The predicted octanol–water partition coefficient (Wildman–Crippen LogP) is 3.53. The van der Waals surface area contributed by atoms with Gasteiger partial charge in [0.25, 0.3) is 0 Å². The summed E-state index contributed by atoms with van der Waals surface area (Å²) in [7, 11) is 0. The Morgan fingerprint density at radius 3 is 1.09 bits per heavy atom. The fraction of sp³-hybridized carbons (Fsp3) is 0.944. The number of nitrogens with zero attached hydrogens (tertiary/aromatic N) is 1. The summed E-state index contributed by atoms with van der Waals surface area (Å²) in [5.41, 5.74) is 5.56. The molecule has 0 aromatic rings. The van der Waals surface area contributed by atoms with E-state index in [4.69, 9.17) is 77.2 Å². The molecule has 21 heteroatoms. The van der Waals surface area contributed by atoms with E-state index in [9.17, 15) is 9.90 Å². The molecule has 0 spiro atoms. The predicted molar refractivity (Wildman–Crippen MR) is 291 cm³/mol. The van der Waals surface area contributed by atoms with Crippen LogP contribution in [-0.4, -0.2) is 258 Å². The van der Waals surface area contributed by atoms with E-state index in [0.29, 0.717) is 198 Å². The molecule has 0 aromatic carbocycles. The van der Waals surface area contributed by atoms with Crippen LogP contribution in [0.25, 0.3) is 0 Å². The summed E-state index contributed by atoms with van der Waals surface area (Å²) in [4.78, 5) is 15.0. The minimum Gasteiger partial charge on any atom is -0.394 e. The largest absolute Gasteiger partial charge is 0.394 e. The number of nitrogens with two attached hydrogens (primary N) is 1. The Labute approximate surface area is 453 Å². The molecule has 0 aliphatic carbocycles. The number of amides is 1. The van der Waals surface area contributed by atoms with E-state index in [1.165, 1.54) is 57.8 Å². The molecule has 0 rings (SSSR count). The maximum Gasteiger partial charge on any atom is 0.224 e. The third-order valence-corrected chi connectivity index (χ3v) is 11.0. The quantitative estimate of drug-likeness (QED) is 0.0333. The van der Waals surface area contributed by atoms with Crippen molar-refractivity contribution in [3.63, 3.8) is 0 Å². The number of carbonyl (C=O) groups excluding carboxylic acids is 1. The fourth-order valence-corrected chi connectivity index (χ4v) is 6.94. The Hall–Kier alpha value is -1.55. The molecule has 0 fully saturated rings. The van der Waals surface area contributed by atoms with Crippen LogP contribution in [0.15, 0.2) is 12.2 Å². The summed E-state index contributed by atoms with van der Waals surface area (Å²) < 4.78 is 77.3. The Kier molecular flexibility index (Phi) is 65.3. The second kappa shape index (κ2) is 66.7. The SMILES string of the molecule is CCCCCCCC/C=C\CCCCCCCC(=O)N(CCNCCNCCN)C(CO)OCCOCCOCCOCCOCCOCCOCCOCCOCCOCCOCCOCCOCCOCCO. The number of aliphatic hydroxyl groups excluding tert-OH is 2. The Bertz CT molecular complexity index is 1110. The van der Waals surface area contributed by atoms with Crippen LogP contribution in [0, 0.1) is 0 Å². The molecular formula is C54H110N4O17. The van der Waals surface area contributed by atoms with Crippen LogP contribution < -0.4 is 16.4 Å². The first-order chi connectivity index (χ1) is 37.2. The number of rotatable bonds is 67. The maximum absolute atomic E-state index is 13.4. The molecule has 0 bridgehead atoms. The lowest BCUT2D eigenvalue weighted by Crippen LogP contribution is -2.48. The van der Waals surface area contributed by atoms with Gasteiger partial charge in [0, 0.05) is 45.7 Å². The fourth-order valence-electron chi connectivity index (χ4n) is 6.94. The van der Waals surface area contributed by atoms with Gasteiger partial charge in [-0.3, -0.25) is 4.79 Å². The second-order valence-corrected chi connectivity index (χ2v) is 17.4. The standard InChI is InChI=1S/C54H110N4O17/c1-2-3-4-5-6-7-8-9-10-11-12-13-14-15-16-17-53(61)58(23-22-57-21-20-56-19-18-55)54(52-60)75-51-50-74-49-48-73-47-46-72-45-44-71-43-42-70-41-40-69-39-38-68-37-36-67-35-34-66-33-32-65-31-30-64-29-28-63-27-26-62-25-24-59/h9-10,54,56-57,59-60H,2-8,11-52,55H2,1H3/b10-9-. The van der Waals surface area contributed by atoms with Crippen molar-refractivity contribution in [3.05, 3.63) is 12.2 Å². The van der Waals surface area contributed by atoms with Crippen molar-refractivity contribution in [2.75, 3.05) is 231 Å². The lowest BCUT2D eigenvalue weighted by molar-refractivity contribution is -0.153. The molecular weight excluding hydrogens is 977 g/mol. The highest BCUT2D eigenvalue weighted by molar-refractivity contribution is 5.76. The van der Waals surface area contributed by atoms with Gasteiger partial charge in [-0.1, -0.05) is 70.4 Å². The van der Waals surface area contributed by atoms with E-state index in [1.54, 1.807) is 4.90 Å². The topological polar surface area (TPSA) is 240 Å². The lowest BCUT2D eigenvalue weighted by atomic mass is 10.1. The number of aliphatic hydroxyl groups is 2. The summed E-state index contributed by atoms with van der Waals surface area (Å²) in [6, 6.07) is 0. The molecule has 0 heterocycles. The zero-order chi connectivity index (χ0) is 54.1. The average Bonchev–Trinajstić information content (AvgIpc) is 3.42. The molecule has 0 aromatic heterocycles. The van der Waals surface area contributed by atoms with Gasteiger partial charge in [-0.25, -0.2) is 0 Å². The molecule has 21 nitrogen and oxygen atoms in total. The normalized spacial score (nSPS) is 12.2. The zero-order valence-electron chi connectivity index (χ0n) is 46.9. The number of allylic oxidation sites excluding steroid dienone is 2. The minimum absolute atomic E-state index is 0.00196. The smallest absolute Gasteiger partial charge is 0.224 e. The van der Waals surface area contributed by atoms with Crippen molar-refractivity contribution in [2.24, 2.45) is 5.73 Å². The van der Waals surface area contributed by atoms with Gasteiger partial charge in [-0.15, -0.1) is 0 Å². The molecule has 0 aliphatic rings. The third kappa shape index (κ3) is 59.9. The summed E-state index contributed by atoms with van der Waals surface area (Å²) in [6.07, 6.45) is 20.1. The van der Waals surface area contributed by atoms with Crippen LogP contribution in [0.2, 0.25) is 0 Å². The van der Waals surface area contributed by atoms with Gasteiger partial charge in [0.05, 0.1) is 192 Å². The molecule has 448 valence electrons. The molecule has 0 radical (unpaired) electrons. The van der Waals surface area contributed by atoms with Crippen LogP contribution >= 0.6 is 0 Å². The lowest BCUT2D eigenvalue weighted by Gasteiger charge is -2.31. The first kappa shape index (κ1) is 73.5. The number of hydrogen-bond acceptors (Lipinski definition) is 20. The van der Waals surface area contributed by atoms with Crippen LogP contribution in [-0.2, 0) is 71.1 Å². The molecule has 0 aliphatic heterocycles. The highest BCUT2D eigenvalue weighted by atomic mass is 16.6. The maximum atomic E-state index is 13.4. The summed E-state index contributed by atoms with van der Waals surface area (Å²) in [5, 5.41) is 25.5. The van der Waals surface area contributed by atoms with Gasteiger partial charge in [-0.05, 0) is 32.1 Å². The molecule has 1 atom stereocenters. The monoisotopic (exact) mass is 1090 g/mol. The van der Waals surface area contributed by atoms with Crippen LogP contribution in [0.4, 0.5) is 0 Å². The Morgan fingerprint density at radius 1 is 0.427 bits per heavy atom. The molecule has 0 saturated heterocycles. The first-order valence-electron chi connectivity index (χ1n) is 28.6. The van der Waals surface area contributed by atoms with Crippen LogP contribution in [0.1, 0.15) is 96.8 Å². The van der Waals surface area contributed by atoms with Crippen LogP contribution in [0.3, 0.4) is 0 Å². The van der Waals surface area contributed by atoms with E-state index in [2.05, 4.69) is 29.7 Å². The molecule has 1 amide bonds. The minimum atomic E-state index is -0.732. The van der Waals surface area contributed by atoms with Crippen molar-refractivity contribution in [2.45, 2.75) is 103 Å². The highest BCUT2D eigenvalue weighted by Gasteiger charge is 2.23. The van der Waals surface area contributed by atoms with E-state index in [1.807, 2.05) is 0 Å². The van der Waals surface area contributed by atoms with Gasteiger partial charge >= 0.3 is 0 Å². The number of nitrogens with one attached hydrogen (secondary N) is 2. The summed E-state index contributed by atoms with van der Waals surface area (Å²) >= 11 is 0. The van der Waals surface area contributed by atoms with Crippen molar-refractivity contribution >= 4 is 5.91 Å². The Balaban J connectivity index is 3.71.